The third kappa shape index (κ3) is 1.85. The summed E-state index contributed by atoms with van der Waals surface area (Å²) in [6.45, 7) is 1.52. The van der Waals surface area contributed by atoms with Crippen LogP contribution in [0.5, 0.6) is 0 Å². The molecule has 1 aliphatic heterocycles. The molecule has 1 heterocycles. The van der Waals surface area contributed by atoms with Crippen molar-refractivity contribution in [2.45, 2.75) is 25.8 Å². The van der Waals surface area contributed by atoms with Crippen LogP contribution < -0.4 is 0 Å². The Balaban J connectivity index is 2.74. The quantitative estimate of drug-likeness (QED) is 0.597. The fraction of sp³-hybridized carbons (Fsp3) is 0.625. The van der Waals surface area contributed by atoms with Crippen LogP contribution in [0.3, 0.4) is 0 Å². The normalized spacial score (nSPS) is 21.6. The number of hydrogen-bond acceptors (Lipinski definition) is 3. The lowest BCUT2D eigenvalue weighted by Crippen LogP contribution is -2.43. The van der Waals surface area contributed by atoms with E-state index in [4.69, 9.17) is 5.11 Å². The van der Waals surface area contributed by atoms with Gasteiger partial charge in [0.1, 0.15) is 6.04 Å². The van der Waals surface area contributed by atoms with Crippen molar-refractivity contribution in [2.75, 3.05) is 6.54 Å². The van der Waals surface area contributed by atoms with E-state index in [-0.39, 0.29) is 0 Å². The number of nitrogens with zero attached hydrogens (tertiary/aromatic N) is 1. The molecule has 1 fully saturated rings. The maximum atomic E-state index is 11.2. The third-order valence-corrected chi connectivity index (χ3v) is 2.10. The van der Waals surface area contributed by atoms with Gasteiger partial charge in [0, 0.05) is 13.5 Å². The molecule has 1 atom stereocenters. The van der Waals surface area contributed by atoms with Crippen LogP contribution in [0.4, 0.5) is 0 Å². The molecule has 72 valence electrons. The van der Waals surface area contributed by atoms with E-state index in [0.717, 1.165) is 11.8 Å². The Bertz CT molecular complexity index is 261. The number of rotatable bonds is 2. The van der Waals surface area contributed by atoms with E-state index >= 15 is 0 Å². The van der Waals surface area contributed by atoms with E-state index < -0.39 is 23.7 Å². The molecule has 0 bridgehead atoms. The zero-order chi connectivity index (χ0) is 10.0. The Kier molecular flexibility index (Phi) is 2.65. The maximum Gasteiger partial charge on any atom is 0.326 e. The third-order valence-electron chi connectivity index (χ3n) is 2.10. The number of amides is 1. The van der Waals surface area contributed by atoms with Gasteiger partial charge in [-0.25, -0.2) is 4.79 Å². The molecular formula is C8H11NO4. The van der Waals surface area contributed by atoms with Gasteiger partial charge in [0.05, 0.1) is 0 Å². The maximum absolute atomic E-state index is 11.2. The van der Waals surface area contributed by atoms with Gasteiger partial charge in [-0.2, -0.15) is 0 Å². The predicted octanol–water partition coefficient (Wildman–Crippen LogP) is -0.349. The SMILES string of the molecule is CC(=O)C(=O)N1CCC[C@H]1C(=O)O. The molecule has 1 rings (SSSR count). The van der Waals surface area contributed by atoms with Crippen molar-refractivity contribution in [3.63, 3.8) is 0 Å². The van der Waals surface area contributed by atoms with Crippen LogP contribution in [0.1, 0.15) is 19.8 Å². The molecule has 1 amide bonds. The number of ketones is 1. The van der Waals surface area contributed by atoms with Gasteiger partial charge < -0.3 is 10.0 Å². The van der Waals surface area contributed by atoms with Crippen LogP contribution in [0.2, 0.25) is 0 Å². The van der Waals surface area contributed by atoms with Crippen molar-refractivity contribution in [1.29, 1.82) is 0 Å². The van der Waals surface area contributed by atoms with Crippen LogP contribution in [0.15, 0.2) is 0 Å². The Morgan fingerprint density at radius 3 is 2.46 bits per heavy atom. The Hall–Kier alpha value is -1.39. The number of likely N-dealkylation sites (tertiary alicyclic amines) is 1. The smallest absolute Gasteiger partial charge is 0.326 e. The largest absolute Gasteiger partial charge is 0.480 e. The van der Waals surface area contributed by atoms with E-state index in [2.05, 4.69) is 0 Å². The molecule has 0 spiro atoms. The fourth-order valence-electron chi connectivity index (χ4n) is 1.47. The monoisotopic (exact) mass is 185 g/mol. The summed E-state index contributed by atoms with van der Waals surface area (Å²) in [5.74, 6) is -2.33. The van der Waals surface area contributed by atoms with Crippen molar-refractivity contribution >= 4 is 17.7 Å². The van der Waals surface area contributed by atoms with Gasteiger partial charge in [-0.05, 0) is 12.8 Å². The molecule has 0 saturated carbocycles. The number of Topliss-reactive ketones (excluding diaryl/α,β-unsaturated/α-hetero) is 1. The first-order chi connectivity index (χ1) is 6.04. The molecule has 1 saturated heterocycles. The Morgan fingerprint density at radius 1 is 1.38 bits per heavy atom. The lowest BCUT2D eigenvalue weighted by atomic mass is 10.2. The molecule has 0 radical (unpaired) electrons. The first-order valence-corrected chi connectivity index (χ1v) is 4.08. The van der Waals surface area contributed by atoms with Crippen molar-refractivity contribution in [3.8, 4) is 0 Å². The molecular weight excluding hydrogens is 174 g/mol. The molecule has 1 N–H and O–H groups in total. The molecule has 0 aromatic carbocycles. The van der Waals surface area contributed by atoms with E-state index in [0.29, 0.717) is 19.4 Å². The minimum atomic E-state index is -1.04. The van der Waals surface area contributed by atoms with Gasteiger partial charge in [0.25, 0.3) is 5.91 Å². The van der Waals surface area contributed by atoms with Gasteiger partial charge in [-0.15, -0.1) is 0 Å². The molecule has 0 aliphatic carbocycles. The number of carboxylic acid groups (broad SMARTS) is 1. The molecule has 5 heteroatoms. The summed E-state index contributed by atoms with van der Waals surface area (Å²) >= 11 is 0. The second-order valence-corrected chi connectivity index (χ2v) is 3.05. The topological polar surface area (TPSA) is 74.7 Å². The summed E-state index contributed by atoms with van der Waals surface area (Å²) in [5.41, 5.74) is 0. The van der Waals surface area contributed by atoms with Crippen molar-refractivity contribution in [3.05, 3.63) is 0 Å². The van der Waals surface area contributed by atoms with Crippen LogP contribution >= 0.6 is 0 Å². The summed E-state index contributed by atoms with van der Waals surface area (Å²) in [6, 6.07) is -0.809. The Morgan fingerprint density at radius 2 is 2.00 bits per heavy atom. The zero-order valence-electron chi connectivity index (χ0n) is 7.32. The number of carboxylic acids is 1. The van der Waals surface area contributed by atoms with E-state index in [1.165, 1.54) is 0 Å². The lowest BCUT2D eigenvalue weighted by molar-refractivity contribution is -0.151. The highest BCUT2D eigenvalue weighted by Crippen LogP contribution is 2.17. The molecule has 0 unspecified atom stereocenters. The highest BCUT2D eigenvalue weighted by Gasteiger charge is 2.35. The fourth-order valence-corrected chi connectivity index (χ4v) is 1.47. The standard InChI is InChI=1S/C8H11NO4/c1-5(10)7(11)9-4-2-3-6(9)8(12)13/h6H,2-4H2,1H3,(H,12,13)/t6-/m0/s1. The van der Waals surface area contributed by atoms with Gasteiger partial charge >= 0.3 is 5.97 Å². The van der Waals surface area contributed by atoms with Crippen LogP contribution in [-0.4, -0.2) is 40.3 Å². The van der Waals surface area contributed by atoms with E-state index in [9.17, 15) is 14.4 Å². The average molecular weight is 185 g/mol. The van der Waals surface area contributed by atoms with Crippen LogP contribution in [0, 0.1) is 0 Å². The van der Waals surface area contributed by atoms with Crippen molar-refractivity contribution in [2.24, 2.45) is 0 Å². The van der Waals surface area contributed by atoms with Gasteiger partial charge in [0.15, 0.2) is 0 Å². The minimum Gasteiger partial charge on any atom is -0.480 e. The van der Waals surface area contributed by atoms with Gasteiger partial charge in [-0.1, -0.05) is 0 Å². The summed E-state index contributed by atoms with van der Waals surface area (Å²) in [5, 5.41) is 8.71. The summed E-state index contributed by atoms with van der Waals surface area (Å²) < 4.78 is 0. The van der Waals surface area contributed by atoms with E-state index in [1.807, 2.05) is 0 Å². The summed E-state index contributed by atoms with van der Waals surface area (Å²) in [7, 11) is 0. The lowest BCUT2D eigenvalue weighted by Gasteiger charge is -2.19. The molecule has 13 heavy (non-hydrogen) atoms. The van der Waals surface area contributed by atoms with Crippen molar-refractivity contribution < 1.29 is 19.5 Å². The number of carbonyl (C=O) groups excluding carboxylic acids is 2. The van der Waals surface area contributed by atoms with E-state index in [1.54, 1.807) is 0 Å². The minimum absolute atomic E-state index is 0.370. The number of carbonyl (C=O) groups is 3. The second-order valence-electron chi connectivity index (χ2n) is 3.05. The molecule has 5 nitrogen and oxygen atoms in total. The Labute approximate surface area is 75.3 Å². The second kappa shape index (κ2) is 3.55. The van der Waals surface area contributed by atoms with Crippen molar-refractivity contribution in [1.82, 2.24) is 4.90 Å². The number of hydrogen-bond donors (Lipinski definition) is 1. The molecule has 0 aromatic heterocycles. The van der Waals surface area contributed by atoms with Crippen LogP contribution in [0.25, 0.3) is 0 Å². The molecule has 1 aliphatic rings. The van der Waals surface area contributed by atoms with Gasteiger partial charge in [-0.3, -0.25) is 9.59 Å². The van der Waals surface area contributed by atoms with Crippen LogP contribution in [-0.2, 0) is 14.4 Å². The summed E-state index contributed by atoms with van der Waals surface area (Å²) in [4.78, 5) is 33.7. The average Bonchev–Trinajstić information content (AvgIpc) is 2.50. The first kappa shape index (κ1) is 9.70. The summed E-state index contributed by atoms with van der Waals surface area (Å²) in [6.07, 6.45) is 1.09. The first-order valence-electron chi connectivity index (χ1n) is 4.08. The predicted molar refractivity (Wildman–Crippen MR) is 43.1 cm³/mol. The molecule has 0 aromatic rings. The highest BCUT2D eigenvalue weighted by molar-refractivity contribution is 6.35. The number of aliphatic carboxylic acids is 1. The van der Waals surface area contributed by atoms with Gasteiger partial charge in [0.2, 0.25) is 5.78 Å². The highest BCUT2D eigenvalue weighted by atomic mass is 16.4. The zero-order valence-corrected chi connectivity index (χ0v) is 7.32.